The lowest BCUT2D eigenvalue weighted by atomic mass is 9.98. The number of isocyanates is 1. The molecule has 1 saturated carbocycles. The van der Waals surface area contributed by atoms with E-state index in [9.17, 15) is 4.79 Å². The van der Waals surface area contributed by atoms with Gasteiger partial charge in [-0.15, -0.1) is 0 Å². The van der Waals surface area contributed by atoms with Gasteiger partial charge >= 0.3 is 0 Å². The van der Waals surface area contributed by atoms with E-state index in [0.29, 0.717) is 5.92 Å². The maximum atomic E-state index is 10.4. The SMILES string of the molecule is Cc1ccccc1C1(N=C=O)CC1C. The van der Waals surface area contributed by atoms with Crippen LogP contribution in [0.25, 0.3) is 0 Å². The van der Waals surface area contributed by atoms with E-state index in [1.54, 1.807) is 6.08 Å². The molecule has 0 spiro atoms. The zero-order valence-electron chi connectivity index (χ0n) is 8.45. The van der Waals surface area contributed by atoms with Crippen LogP contribution in [0.2, 0.25) is 0 Å². The Balaban J connectivity index is 2.49. The summed E-state index contributed by atoms with van der Waals surface area (Å²) in [5.74, 6) is 0.463. The van der Waals surface area contributed by atoms with Gasteiger partial charge in [0.25, 0.3) is 0 Å². The van der Waals surface area contributed by atoms with Crippen molar-refractivity contribution in [1.82, 2.24) is 0 Å². The summed E-state index contributed by atoms with van der Waals surface area (Å²) in [6.45, 7) is 4.18. The molecular weight excluding hydrogens is 174 g/mol. The molecule has 0 radical (unpaired) electrons. The minimum Gasteiger partial charge on any atom is -0.211 e. The second-order valence-corrected chi connectivity index (χ2v) is 4.05. The number of rotatable bonds is 2. The molecule has 72 valence electrons. The largest absolute Gasteiger partial charge is 0.235 e. The molecule has 1 aromatic rings. The highest BCUT2D eigenvalue weighted by atomic mass is 16.1. The summed E-state index contributed by atoms with van der Waals surface area (Å²) < 4.78 is 0. The van der Waals surface area contributed by atoms with Gasteiger partial charge in [-0.3, -0.25) is 0 Å². The monoisotopic (exact) mass is 187 g/mol. The van der Waals surface area contributed by atoms with Crippen LogP contribution in [0.5, 0.6) is 0 Å². The Labute approximate surface area is 83.7 Å². The number of aryl methyl sites for hydroxylation is 1. The Bertz CT molecular complexity index is 407. The van der Waals surface area contributed by atoms with E-state index >= 15 is 0 Å². The average Bonchev–Trinajstić information content (AvgIpc) is 2.79. The third-order valence-electron chi connectivity index (χ3n) is 3.13. The van der Waals surface area contributed by atoms with Crippen LogP contribution in [0, 0.1) is 12.8 Å². The van der Waals surface area contributed by atoms with Crippen LogP contribution in [0.15, 0.2) is 29.3 Å². The van der Waals surface area contributed by atoms with Crippen molar-refractivity contribution in [1.29, 1.82) is 0 Å². The fraction of sp³-hybridized carbons (Fsp3) is 0.417. The predicted molar refractivity (Wildman–Crippen MR) is 54.8 cm³/mol. The van der Waals surface area contributed by atoms with Gasteiger partial charge in [0.2, 0.25) is 6.08 Å². The van der Waals surface area contributed by atoms with E-state index in [0.717, 1.165) is 6.42 Å². The molecule has 0 aromatic heterocycles. The van der Waals surface area contributed by atoms with Crippen molar-refractivity contribution in [2.24, 2.45) is 10.9 Å². The summed E-state index contributed by atoms with van der Waals surface area (Å²) in [6, 6.07) is 8.11. The lowest BCUT2D eigenvalue weighted by molar-refractivity contribution is 0.551. The molecule has 0 aliphatic heterocycles. The number of carbonyl (C=O) groups excluding carboxylic acids is 1. The van der Waals surface area contributed by atoms with E-state index in [4.69, 9.17) is 0 Å². The Morgan fingerprint density at radius 1 is 1.50 bits per heavy atom. The highest BCUT2D eigenvalue weighted by Gasteiger charge is 2.53. The smallest absolute Gasteiger partial charge is 0.211 e. The molecule has 2 rings (SSSR count). The first-order valence-corrected chi connectivity index (χ1v) is 4.86. The fourth-order valence-electron chi connectivity index (χ4n) is 2.14. The van der Waals surface area contributed by atoms with Crippen LogP contribution in [-0.2, 0) is 10.3 Å². The first-order chi connectivity index (χ1) is 6.70. The molecule has 1 aliphatic carbocycles. The molecule has 0 saturated heterocycles. The standard InChI is InChI=1S/C12H13NO/c1-9-5-3-4-6-11(9)12(13-8-14)7-10(12)2/h3-6,10H,7H2,1-2H3. The molecule has 2 nitrogen and oxygen atoms in total. The van der Waals surface area contributed by atoms with Crippen molar-refractivity contribution in [2.45, 2.75) is 25.8 Å². The van der Waals surface area contributed by atoms with Crippen molar-refractivity contribution in [2.75, 3.05) is 0 Å². The maximum absolute atomic E-state index is 10.4. The van der Waals surface area contributed by atoms with E-state index < -0.39 is 0 Å². The topological polar surface area (TPSA) is 29.4 Å². The van der Waals surface area contributed by atoms with Crippen molar-refractivity contribution in [3.63, 3.8) is 0 Å². The number of hydrogen-bond donors (Lipinski definition) is 0. The molecule has 1 aromatic carbocycles. The average molecular weight is 187 g/mol. The second kappa shape index (κ2) is 3.07. The zero-order chi connectivity index (χ0) is 10.2. The molecule has 2 unspecified atom stereocenters. The van der Waals surface area contributed by atoms with Gasteiger partial charge in [-0.2, -0.15) is 4.99 Å². The summed E-state index contributed by atoms with van der Waals surface area (Å²) in [5.41, 5.74) is 2.12. The minimum absolute atomic E-state index is 0.257. The van der Waals surface area contributed by atoms with E-state index in [-0.39, 0.29) is 5.54 Å². The number of benzene rings is 1. The molecule has 0 heterocycles. The van der Waals surface area contributed by atoms with Gasteiger partial charge in [-0.25, -0.2) is 4.79 Å². The molecular formula is C12H13NO. The van der Waals surface area contributed by atoms with E-state index in [1.807, 2.05) is 12.1 Å². The first-order valence-electron chi connectivity index (χ1n) is 4.86. The maximum Gasteiger partial charge on any atom is 0.235 e. The molecule has 0 N–H and O–H groups in total. The number of hydrogen-bond acceptors (Lipinski definition) is 2. The van der Waals surface area contributed by atoms with Crippen LogP contribution in [-0.4, -0.2) is 6.08 Å². The fourth-order valence-corrected chi connectivity index (χ4v) is 2.14. The number of aliphatic imine (C=N–C) groups is 1. The van der Waals surface area contributed by atoms with Crippen molar-refractivity contribution >= 4 is 6.08 Å². The molecule has 2 heteroatoms. The Morgan fingerprint density at radius 3 is 2.64 bits per heavy atom. The van der Waals surface area contributed by atoms with Crippen LogP contribution in [0.1, 0.15) is 24.5 Å². The molecule has 0 bridgehead atoms. The van der Waals surface area contributed by atoms with Crippen molar-refractivity contribution in [3.8, 4) is 0 Å². The Hall–Kier alpha value is -1.40. The van der Waals surface area contributed by atoms with Gasteiger partial charge in [0, 0.05) is 0 Å². The summed E-state index contributed by atoms with van der Waals surface area (Å²) in [5, 5.41) is 0. The van der Waals surface area contributed by atoms with Crippen LogP contribution in [0.3, 0.4) is 0 Å². The van der Waals surface area contributed by atoms with Gasteiger partial charge in [-0.1, -0.05) is 31.2 Å². The Kier molecular flexibility index (Phi) is 2.01. The summed E-state index contributed by atoms with van der Waals surface area (Å²) in [6.07, 6.45) is 2.67. The lowest BCUT2D eigenvalue weighted by Crippen LogP contribution is -2.07. The molecule has 2 atom stereocenters. The Morgan fingerprint density at radius 2 is 2.14 bits per heavy atom. The third kappa shape index (κ3) is 1.19. The minimum atomic E-state index is -0.257. The van der Waals surface area contributed by atoms with Crippen molar-refractivity contribution < 1.29 is 4.79 Å². The first kappa shape index (κ1) is 9.17. The summed E-state index contributed by atoms with van der Waals surface area (Å²) in [7, 11) is 0. The third-order valence-corrected chi connectivity index (χ3v) is 3.13. The highest BCUT2D eigenvalue weighted by molar-refractivity contribution is 5.45. The van der Waals surface area contributed by atoms with Crippen LogP contribution in [0.4, 0.5) is 0 Å². The highest BCUT2D eigenvalue weighted by Crippen LogP contribution is 2.55. The summed E-state index contributed by atoms with van der Waals surface area (Å²) >= 11 is 0. The lowest BCUT2D eigenvalue weighted by Gasteiger charge is -2.12. The van der Waals surface area contributed by atoms with Gasteiger partial charge in [-0.05, 0) is 30.4 Å². The quantitative estimate of drug-likeness (QED) is 0.517. The summed E-state index contributed by atoms with van der Waals surface area (Å²) in [4.78, 5) is 14.4. The molecule has 1 fully saturated rings. The number of nitrogens with zero attached hydrogens (tertiary/aromatic N) is 1. The molecule has 0 amide bonds. The van der Waals surface area contributed by atoms with E-state index in [1.165, 1.54) is 11.1 Å². The second-order valence-electron chi connectivity index (χ2n) is 4.05. The predicted octanol–water partition coefficient (Wildman–Crippen LogP) is 2.57. The van der Waals surface area contributed by atoms with Gasteiger partial charge in [0.05, 0.1) is 0 Å². The van der Waals surface area contributed by atoms with Gasteiger partial charge < -0.3 is 0 Å². The van der Waals surface area contributed by atoms with Crippen molar-refractivity contribution in [3.05, 3.63) is 35.4 Å². The van der Waals surface area contributed by atoms with Gasteiger partial charge in [0.15, 0.2) is 0 Å². The normalized spacial score (nSPS) is 29.4. The molecule has 1 aliphatic rings. The van der Waals surface area contributed by atoms with Gasteiger partial charge in [0.1, 0.15) is 5.54 Å². The van der Waals surface area contributed by atoms with E-state index in [2.05, 4.69) is 31.0 Å². The zero-order valence-corrected chi connectivity index (χ0v) is 8.45. The van der Waals surface area contributed by atoms with Crippen LogP contribution >= 0.6 is 0 Å². The van der Waals surface area contributed by atoms with Crippen LogP contribution < -0.4 is 0 Å². The molecule has 14 heavy (non-hydrogen) atoms.